The molecule has 0 radical (unpaired) electrons. The molecule has 0 spiro atoms. The lowest BCUT2D eigenvalue weighted by atomic mass is 9.81. The lowest BCUT2D eigenvalue weighted by Gasteiger charge is -2.26. The molecular formula is C51H47NS. The van der Waals surface area contributed by atoms with Crippen LogP contribution >= 0.6 is 11.3 Å². The molecule has 0 unspecified atom stereocenters. The molecule has 0 fully saturated rings. The fourth-order valence-electron chi connectivity index (χ4n) is 7.59. The Hall–Kier alpha value is -5.62. The second kappa shape index (κ2) is 15.5. The van der Waals surface area contributed by atoms with Crippen LogP contribution in [0.15, 0.2) is 192 Å². The minimum atomic E-state index is -0.0807. The Bertz CT molecular complexity index is 2490. The van der Waals surface area contributed by atoms with Crippen molar-refractivity contribution in [3.8, 4) is 0 Å². The van der Waals surface area contributed by atoms with E-state index in [1.54, 1.807) is 0 Å². The van der Waals surface area contributed by atoms with Crippen LogP contribution in [0.2, 0.25) is 0 Å². The maximum Gasteiger partial charge on any atom is 0.0640 e. The molecule has 3 aromatic carbocycles. The van der Waals surface area contributed by atoms with E-state index in [9.17, 15) is 0 Å². The van der Waals surface area contributed by atoms with E-state index in [0.717, 1.165) is 30.6 Å². The molecule has 0 saturated heterocycles. The average Bonchev–Trinajstić information content (AvgIpc) is 3.37. The minimum Gasteiger partial charge on any atom is -0.308 e. The Morgan fingerprint density at radius 2 is 1.72 bits per heavy atom. The van der Waals surface area contributed by atoms with E-state index in [4.69, 9.17) is 0 Å². The topological polar surface area (TPSA) is 3.24 Å². The molecule has 0 saturated carbocycles. The lowest BCUT2D eigenvalue weighted by Crippen LogP contribution is -2.15. The highest BCUT2D eigenvalue weighted by Gasteiger charge is 2.37. The van der Waals surface area contributed by atoms with Gasteiger partial charge < -0.3 is 4.90 Å². The van der Waals surface area contributed by atoms with E-state index in [1.165, 1.54) is 70.4 Å². The van der Waals surface area contributed by atoms with Gasteiger partial charge in [0.2, 0.25) is 0 Å². The number of thiophene rings is 1. The second-order valence-electron chi connectivity index (χ2n) is 14.1. The van der Waals surface area contributed by atoms with Gasteiger partial charge in [0.1, 0.15) is 0 Å². The Morgan fingerprint density at radius 1 is 0.887 bits per heavy atom. The van der Waals surface area contributed by atoms with Crippen LogP contribution in [0.3, 0.4) is 0 Å². The van der Waals surface area contributed by atoms with Crippen LogP contribution in [0.25, 0.3) is 25.7 Å². The molecule has 0 atom stereocenters. The van der Waals surface area contributed by atoms with Crippen molar-refractivity contribution in [2.75, 3.05) is 4.90 Å². The monoisotopic (exact) mass is 705 g/mol. The van der Waals surface area contributed by atoms with Crippen molar-refractivity contribution in [1.82, 2.24) is 0 Å². The summed E-state index contributed by atoms with van der Waals surface area (Å²) >= 11 is 1.91. The Morgan fingerprint density at radius 3 is 2.49 bits per heavy atom. The highest BCUT2D eigenvalue weighted by Crippen LogP contribution is 2.53. The first kappa shape index (κ1) is 35.8. The van der Waals surface area contributed by atoms with Crippen LogP contribution < -0.4 is 4.90 Å². The van der Waals surface area contributed by atoms with Gasteiger partial charge in [-0.2, -0.15) is 0 Å². The number of benzene rings is 3. The standard InChI is InChI=1S/C51H47NS/c1-7-11-19-38(10-4)39(20-12-8-2)30-26-37-18-16-21-40(33-29-37)52(41-31-27-36(9-3)28-32-41)47-25-17-23-42-43-34-35-46-48(50(43)53-49(42)47)44-22-14-13-15-24-45(44)51(46,5)6/h8,10-13,15,17-25,27-35H,2,7,9,26H2,1,3-6H3/b19-11-,20-12-,38-10+,39-30+. The van der Waals surface area contributed by atoms with Crippen molar-refractivity contribution >= 4 is 48.5 Å². The molecule has 0 aliphatic heterocycles. The van der Waals surface area contributed by atoms with Gasteiger partial charge in [0, 0.05) is 38.2 Å². The number of rotatable bonds is 11. The first-order valence-corrected chi connectivity index (χ1v) is 19.6. The van der Waals surface area contributed by atoms with Gasteiger partial charge in [-0.15, -0.1) is 22.8 Å². The van der Waals surface area contributed by atoms with Crippen molar-refractivity contribution in [2.45, 2.75) is 59.3 Å². The molecule has 1 nitrogen and oxygen atoms in total. The minimum absolute atomic E-state index is 0.0807. The highest BCUT2D eigenvalue weighted by atomic mass is 32.1. The van der Waals surface area contributed by atoms with E-state index in [0.29, 0.717) is 0 Å². The number of hydrogen-bond acceptors (Lipinski definition) is 2. The van der Waals surface area contributed by atoms with Crippen molar-refractivity contribution in [3.05, 3.63) is 208 Å². The van der Waals surface area contributed by atoms with E-state index < -0.39 is 0 Å². The quantitative estimate of drug-likeness (QED) is 0.111. The number of anilines is 2. The van der Waals surface area contributed by atoms with Gasteiger partial charge in [-0.1, -0.05) is 131 Å². The number of fused-ring (bicyclic) bond motifs is 6. The third kappa shape index (κ3) is 6.86. The summed E-state index contributed by atoms with van der Waals surface area (Å²) in [5, 5.41) is 2.58. The van der Waals surface area contributed by atoms with Crippen molar-refractivity contribution in [2.24, 2.45) is 0 Å². The van der Waals surface area contributed by atoms with Crippen LogP contribution in [-0.2, 0) is 11.8 Å². The largest absolute Gasteiger partial charge is 0.308 e. The summed E-state index contributed by atoms with van der Waals surface area (Å²) in [5.41, 5.74) is 20.5. The van der Waals surface area contributed by atoms with Gasteiger partial charge >= 0.3 is 0 Å². The van der Waals surface area contributed by atoms with Crippen molar-refractivity contribution < 1.29 is 0 Å². The van der Waals surface area contributed by atoms with Gasteiger partial charge in [0.25, 0.3) is 0 Å². The molecule has 262 valence electrons. The zero-order chi connectivity index (χ0) is 37.0. The normalized spacial score (nSPS) is 16.5. The van der Waals surface area contributed by atoms with Gasteiger partial charge in [-0.3, -0.25) is 0 Å². The zero-order valence-electron chi connectivity index (χ0n) is 31.5. The Labute approximate surface area is 319 Å². The Balaban J connectivity index is 1.36. The summed E-state index contributed by atoms with van der Waals surface area (Å²) in [6, 6.07) is 20.5. The molecule has 1 aromatic heterocycles. The first-order valence-electron chi connectivity index (χ1n) is 18.8. The molecule has 0 amide bonds. The van der Waals surface area contributed by atoms with Gasteiger partial charge in [-0.25, -0.2) is 0 Å². The molecule has 3 aliphatic rings. The molecule has 4 aromatic rings. The lowest BCUT2D eigenvalue weighted by molar-refractivity contribution is 0.655. The van der Waals surface area contributed by atoms with E-state index in [2.05, 4.69) is 185 Å². The van der Waals surface area contributed by atoms with Gasteiger partial charge in [0.05, 0.1) is 16.1 Å². The number of allylic oxidation sites excluding steroid dienone is 18. The summed E-state index contributed by atoms with van der Waals surface area (Å²) < 4.78 is 2.62. The smallest absolute Gasteiger partial charge is 0.0640 e. The number of hydrogen-bond donors (Lipinski definition) is 0. The van der Waals surface area contributed by atoms with Crippen LogP contribution in [-0.4, -0.2) is 0 Å². The number of nitrogens with zero attached hydrogens (tertiary/aromatic N) is 1. The highest BCUT2D eigenvalue weighted by molar-refractivity contribution is 7.26. The second-order valence-corrected chi connectivity index (χ2v) is 15.1. The first-order chi connectivity index (χ1) is 25.9. The van der Waals surface area contributed by atoms with E-state index in [1.807, 2.05) is 29.6 Å². The van der Waals surface area contributed by atoms with Gasteiger partial charge in [0.15, 0.2) is 0 Å². The predicted octanol–water partition coefficient (Wildman–Crippen LogP) is 14.6. The van der Waals surface area contributed by atoms with Crippen LogP contribution in [0.5, 0.6) is 0 Å². The van der Waals surface area contributed by atoms with Gasteiger partial charge in [-0.05, 0) is 108 Å². The molecular weight excluding hydrogens is 659 g/mol. The molecule has 0 N–H and O–H groups in total. The van der Waals surface area contributed by atoms with E-state index >= 15 is 0 Å². The van der Waals surface area contributed by atoms with Crippen LogP contribution in [0, 0.1) is 0 Å². The van der Waals surface area contributed by atoms with Crippen LogP contribution in [0.4, 0.5) is 11.4 Å². The average molecular weight is 706 g/mol. The molecule has 7 rings (SSSR count). The molecule has 2 heteroatoms. The molecule has 3 aliphatic carbocycles. The molecule has 53 heavy (non-hydrogen) atoms. The summed E-state index contributed by atoms with van der Waals surface area (Å²) in [4.78, 5) is 2.41. The van der Waals surface area contributed by atoms with Crippen molar-refractivity contribution in [1.29, 1.82) is 0 Å². The zero-order valence-corrected chi connectivity index (χ0v) is 32.4. The Kier molecular flexibility index (Phi) is 10.5. The number of aryl methyl sites for hydroxylation is 1. The summed E-state index contributed by atoms with van der Waals surface area (Å²) in [7, 11) is 0. The SMILES string of the molecule is C=C\C=C/C(=C\CC1=CC=C(N(c2ccc(CC)cc2)c2cccc3c2sc2c4c(ccc23)C(C)(C)C2=C4C=C=CC=C2)C=C=C1)C(/C=C\CC)=C/C. The third-order valence-corrected chi connectivity index (χ3v) is 11.7. The maximum atomic E-state index is 3.89. The maximum absolute atomic E-state index is 3.89. The fraction of sp³-hybridized carbons (Fsp3) is 0.176. The third-order valence-electron chi connectivity index (χ3n) is 10.5. The predicted molar refractivity (Wildman–Crippen MR) is 233 cm³/mol. The summed E-state index contributed by atoms with van der Waals surface area (Å²) in [5.74, 6) is 0. The molecule has 0 bridgehead atoms. The summed E-state index contributed by atoms with van der Waals surface area (Å²) in [6.07, 6.45) is 35.0. The molecule has 1 heterocycles. The van der Waals surface area contributed by atoms with Crippen LogP contribution in [0.1, 0.15) is 64.2 Å². The summed E-state index contributed by atoms with van der Waals surface area (Å²) in [6.45, 7) is 15.1. The van der Waals surface area contributed by atoms with E-state index in [-0.39, 0.29) is 5.41 Å². The van der Waals surface area contributed by atoms with Crippen molar-refractivity contribution in [3.63, 3.8) is 0 Å². The fourth-order valence-corrected chi connectivity index (χ4v) is 8.96.